The summed E-state index contributed by atoms with van der Waals surface area (Å²) in [6.45, 7) is 0.0973. The quantitative estimate of drug-likeness (QED) is 0.256. The molecule has 6 N–H and O–H groups in total. The number of aliphatic imine (C=N–C) groups is 1. The molecule has 2 aliphatic rings. The Labute approximate surface area is 148 Å². The van der Waals surface area contributed by atoms with Gasteiger partial charge in [0.05, 0.1) is 18.6 Å². The molecule has 2 saturated heterocycles. The molecule has 0 saturated carbocycles. The van der Waals surface area contributed by atoms with Crippen molar-refractivity contribution < 1.29 is 31.7 Å². The van der Waals surface area contributed by atoms with E-state index in [0.717, 1.165) is 0 Å². The van der Waals surface area contributed by atoms with Gasteiger partial charge in [0.1, 0.15) is 11.8 Å². The number of carbonyl (C=O) groups is 1. The van der Waals surface area contributed by atoms with E-state index in [9.17, 15) is 18.3 Å². The molecule has 2 fully saturated rings. The van der Waals surface area contributed by atoms with Crippen molar-refractivity contribution in [3.8, 4) is 0 Å². The van der Waals surface area contributed by atoms with Gasteiger partial charge in [-0.15, -0.1) is 4.28 Å². The minimum Gasteiger partial charge on any atom is -0.383 e. The lowest BCUT2D eigenvalue weighted by Crippen LogP contribution is -2.35. The van der Waals surface area contributed by atoms with Crippen LogP contribution in [-0.4, -0.2) is 64.3 Å². The molecule has 0 spiro atoms. The maximum Gasteiger partial charge on any atom is 0.418 e. The molecule has 0 aliphatic carbocycles. The van der Waals surface area contributed by atoms with Gasteiger partial charge in [0.15, 0.2) is 11.7 Å². The second-order valence-electron chi connectivity index (χ2n) is 5.95. The summed E-state index contributed by atoms with van der Waals surface area (Å²) in [6, 6.07) is -0.209. The Morgan fingerprint density at radius 2 is 2.23 bits per heavy atom. The number of aliphatic hydroxyl groups excluding tert-OH is 1. The lowest BCUT2D eigenvalue weighted by atomic mass is 9.98. The number of nitrogens with two attached hydrogens (primary N) is 2. The molecule has 3 atom stereocenters. The second kappa shape index (κ2) is 6.71. The topological polar surface area (TPSA) is 198 Å². The Balaban J connectivity index is 1.74. The van der Waals surface area contributed by atoms with Gasteiger partial charge in [0.2, 0.25) is 0 Å². The van der Waals surface area contributed by atoms with Crippen LogP contribution in [0.4, 0.5) is 4.79 Å². The van der Waals surface area contributed by atoms with Gasteiger partial charge in [-0.05, 0) is 12.8 Å². The molecule has 0 unspecified atom stereocenters. The van der Waals surface area contributed by atoms with E-state index in [1.54, 1.807) is 0 Å². The van der Waals surface area contributed by atoms with Crippen LogP contribution >= 0.6 is 0 Å². The molecule has 13 nitrogen and oxygen atoms in total. The highest BCUT2D eigenvalue weighted by molar-refractivity contribution is 7.80. The average Bonchev–Trinajstić information content (AvgIpc) is 3.12. The third kappa shape index (κ3) is 3.72. The van der Waals surface area contributed by atoms with Gasteiger partial charge >= 0.3 is 16.4 Å². The Kier molecular flexibility index (Phi) is 4.74. The monoisotopic (exact) mass is 390 g/mol. The minimum atomic E-state index is -4.80. The van der Waals surface area contributed by atoms with E-state index in [-0.39, 0.29) is 24.8 Å². The highest BCUT2D eigenvalue weighted by Gasteiger charge is 2.48. The normalized spacial score (nSPS) is 24.0. The first-order valence-electron chi connectivity index (χ1n) is 7.62. The summed E-state index contributed by atoms with van der Waals surface area (Å²) in [4.78, 5) is 17.4. The van der Waals surface area contributed by atoms with Crippen molar-refractivity contribution in [2.24, 2.45) is 16.5 Å². The maximum atomic E-state index is 12.4. The fourth-order valence-electron chi connectivity index (χ4n) is 3.04. The Bertz CT molecular complexity index is 820. The van der Waals surface area contributed by atoms with E-state index in [0.29, 0.717) is 23.6 Å². The molecular formula is C12H18N6O7S. The van der Waals surface area contributed by atoms with Crippen LogP contribution in [0, 0.1) is 0 Å². The van der Waals surface area contributed by atoms with E-state index in [1.165, 1.54) is 11.0 Å². The largest absolute Gasteiger partial charge is 0.418 e. The van der Waals surface area contributed by atoms with Gasteiger partial charge in [-0.25, -0.2) is 4.79 Å². The number of carbonyl (C=O) groups excluding carboxylic acids is 1. The molecule has 2 amide bonds. The van der Waals surface area contributed by atoms with Crippen molar-refractivity contribution in [1.29, 1.82) is 0 Å². The van der Waals surface area contributed by atoms with E-state index < -0.39 is 34.6 Å². The number of rotatable bonds is 6. The standard InChI is InChI=1S/C12H18N6O7S/c13-11(14)15-4-9(19)10-3-7(16-24-10)8-2-1-6-5-17(8)12(20)18(6)25-26(21,22)23/h3,6,8-9,19H,1-2,4-5H2,(H4,13,14,15)(H,21,22,23)/t6-,8-,9-/m1/s1. The summed E-state index contributed by atoms with van der Waals surface area (Å²) >= 11 is 0. The Hall–Kier alpha value is -2.42. The van der Waals surface area contributed by atoms with Crippen LogP contribution in [0.5, 0.6) is 0 Å². The van der Waals surface area contributed by atoms with E-state index in [2.05, 4.69) is 14.4 Å². The zero-order chi connectivity index (χ0) is 19.1. The summed E-state index contributed by atoms with van der Waals surface area (Å²) in [7, 11) is -4.80. The summed E-state index contributed by atoms with van der Waals surface area (Å²) in [5.74, 6) is -0.0477. The molecule has 1 aromatic heterocycles. The van der Waals surface area contributed by atoms with E-state index >= 15 is 0 Å². The number of fused-ring (bicyclic) bond motifs is 2. The number of hydroxylamine groups is 2. The minimum absolute atomic E-state index is 0.109. The van der Waals surface area contributed by atoms with Crippen molar-refractivity contribution in [3.63, 3.8) is 0 Å². The van der Waals surface area contributed by atoms with Gasteiger partial charge in [-0.2, -0.15) is 13.5 Å². The van der Waals surface area contributed by atoms with Gasteiger partial charge in [0, 0.05) is 12.6 Å². The highest BCUT2D eigenvalue weighted by Crippen LogP contribution is 2.38. The number of nitrogens with zero attached hydrogens (tertiary/aromatic N) is 4. The third-order valence-electron chi connectivity index (χ3n) is 4.16. The predicted octanol–water partition coefficient (Wildman–Crippen LogP) is -1.34. The van der Waals surface area contributed by atoms with Crippen molar-refractivity contribution in [2.45, 2.75) is 31.0 Å². The molecule has 3 rings (SSSR count). The van der Waals surface area contributed by atoms with Crippen LogP contribution in [0.2, 0.25) is 0 Å². The average molecular weight is 390 g/mol. The third-order valence-corrected chi connectivity index (χ3v) is 4.51. The van der Waals surface area contributed by atoms with Gasteiger partial charge in [0.25, 0.3) is 0 Å². The number of hydrogen-bond donors (Lipinski definition) is 4. The van der Waals surface area contributed by atoms with Crippen molar-refractivity contribution in [3.05, 3.63) is 17.5 Å². The predicted molar refractivity (Wildman–Crippen MR) is 84.5 cm³/mol. The summed E-state index contributed by atoms with van der Waals surface area (Å²) in [6.07, 6.45) is -0.206. The molecule has 1 aromatic rings. The summed E-state index contributed by atoms with van der Waals surface area (Å²) in [5, 5.41) is 14.5. The molecular weight excluding hydrogens is 372 g/mol. The molecule has 14 heteroatoms. The van der Waals surface area contributed by atoms with Crippen LogP contribution in [0.15, 0.2) is 15.6 Å². The fourth-order valence-corrected chi connectivity index (χ4v) is 3.43. The molecule has 0 aromatic carbocycles. The first-order valence-corrected chi connectivity index (χ1v) is 8.99. The summed E-state index contributed by atoms with van der Waals surface area (Å²) in [5.41, 5.74) is 10.8. The maximum absolute atomic E-state index is 12.4. The van der Waals surface area contributed by atoms with Crippen LogP contribution in [0.3, 0.4) is 0 Å². The van der Waals surface area contributed by atoms with Crippen molar-refractivity contribution in [2.75, 3.05) is 13.1 Å². The van der Waals surface area contributed by atoms with Crippen LogP contribution in [0.25, 0.3) is 0 Å². The number of amides is 2. The summed E-state index contributed by atoms with van der Waals surface area (Å²) < 4.78 is 40.0. The molecule has 3 heterocycles. The Morgan fingerprint density at radius 1 is 1.50 bits per heavy atom. The molecule has 0 radical (unpaired) electrons. The van der Waals surface area contributed by atoms with Gasteiger partial charge < -0.3 is 26.0 Å². The number of urea groups is 1. The lowest BCUT2D eigenvalue weighted by molar-refractivity contribution is -0.0317. The first-order chi connectivity index (χ1) is 12.2. The van der Waals surface area contributed by atoms with Gasteiger partial charge in [-0.1, -0.05) is 5.16 Å². The first kappa shape index (κ1) is 18.4. The van der Waals surface area contributed by atoms with Crippen molar-refractivity contribution in [1.82, 2.24) is 15.1 Å². The molecule has 26 heavy (non-hydrogen) atoms. The fraction of sp³-hybridized carbons (Fsp3) is 0.583. The van der Waals surface area contributed by atoms with Crippen LogP contribution in [0.1, 0.15) is 36.4 Å². The highest BCUT2D eigenvalue weighted by atomic mass is 32.3. The zero-order valence-corrected chi connectivity index (χ0v) is 14.2. The van der Waals surface area contributed by atoms with E-state index in [4.69, 9.17) is 20.5 Å². The Morgan fingerprint density at radius 3 is 2.88 bits per heavy atom. The SMILES string of the molecule is NC(N)=NC[C@@H](O)c1cc([C@H]2CC[C@@H]3CN2C(=O)N3OS(=O)(=O)O)no1. The number of piperidine rings is 1. The smallest absolute Gasteiger partial charge is 0.383 e. The zero-order valence-electron chi connectivity index (χ0n) is 13.4. The van der Waals surface area contributed by atoms with Gasteiger partial charge in [-0.3, -0.25) is 9.55 Å². The number of hydrogen-bond acceptors (Lipinski definition) is 8. The number of aliphatic hydroxyl groups is 1. The molecule has 2 bridgehead atoms. The molecule has 2 aliphatic heterocycles. The van der Waals surface area contributed by atoms with Crippen molar-refractivity contribution >= 4 is 22.4 Å². The number of aromatic nitrogens is 1. The lowest BCUT2D eigenvalue weighted by Gasteiger charge is -2.28. The van der Waals surface area contributed by atoms with E-state index in [1.807, 2.05) is 0 Å². The number of guanidine groups is 1. The second-order valence-corrected chi connectivity index (χ2v) is 6.95. The molecule has 144 valence electrons. The van der Waals surface area contributed by atoms with Crippen LogP contribution in [-0.2, 0) is 14.7 Å². The van der Waals surface area contributed by atoms with Crippen LogP contribution < -0.4 is 11.5 Å².